The van der Waals surface area contributed by atoms with Gasteiger partial charge in [-0.2, -0.15) is 4.31 Å². The second kappa shape index (κ2) is 7.43. The average molecular weight is 467 g/mol. The molecule has 0 radical (unpaired) electrons. The second-order valence-corrected chi connectivity index (χ2v) is 11.7. The molecule has 7 heteroatoms. The molecule has 0 N–H and O–H groups in total. The van der Waals surface area contributed by atoms with Crippen LogP contribution in [0, 0.1) is 12.8 Å². The summed E-state index contributed by atoms with van der Waals surface area (Å²) < 4.78 is 37.5. The topological polar surface area (TPSA) is 68.6 Å². The van der Waals surface area contributed by atoms with Gasteiger partial charge in [-0.1, -0.05) is 36.8 Å². The molecule has 174 valence electrons. The van der Waals surface area contributed by atoms with E-state index < -0.39 is 15.6 Å². The van der Waals surface area contributed by atoms with Crippen LogP contribution in [0.4, 0.5) is 0 Å². The molecule has 0 saturated carbocycles. The summed E-state index contributed by atoms with van der Waals surface area (Å²) in [4.78, 5) is 14.0. The SMILES string of the molecule is CCC1[C@H]2c3c(n(C)c4ccccc4c3=O)OC(C)(C)[C@@H]2CN1S(=O)(=O)c1ccc(C)cc1. The summed E-state index contributed by atoms with van der Waals surface area (Å²) >= 11 is 0. The first-order valence-electron chi connectivity index (χ1n) is 11.5. The van der Waals surface area contributed by atoms with Crippen molar-refractivity contribution in [3.05, 3.63) is 69.9 Å². The Bertz CT molecular complexity index is 1410. The lowest BCUT2D eigenvalue weighted by Crippen LogP contribution is -2.47. The molecule has 33 heavy (non-hydrogen) atoms. The van der Waals surface area contributed by atoms with E-state index in [1.165, 1.54) is 0 Å². The minimum Gasteiger partial charge on any atom is -0.472 e. The van der Waals surface area contributed by atoms with E-state index in [9.17, 15) is 13.2 Å². The van der Waals surface area contributed by atoms with Crippen molar-refractivity contribution in [3.63, 3.8) is 0 Å². The van der Waals surface area contributed by atoms with E-state index in [4.69, 9.17) is 4.74 Å². The van der Waals surface area contributed by atoms with Crippen molar-refractivity contribution in [3.8, 4) is 5.88 Å². The number of para-hydroxylation sites is 1. The number of aromatic nitrogens is 1. The van der Waals surface area contributed by atoms with Crippen LogP contribution in [-0.2, 0) is 17.1 Å². The summed E-state index contributed by atoms with van der Waals surface area (Å²) in [5.41, 5.74) is 1.74. The molecule has 1 saturated heterocycles. The molecule has 3 aromatic rings. The van der Waals surface area contributed by atoms with Crippen molar-refractivity contribution >= 4 is 20.9 Å². The van der Waals surface area contributed by atoms with E-state index in [2.05, 4.69) is 0 Å². The minimum atomic E-state index is -3.72. The average Bonchev–Trinajstić information content (AvgIpc) is 3.19. The van der Waals surface area contributed by atoms with Crippen LogP contribution >= 0.6 is 0 Å². The number of hydrogen-bond donors (Lipinski definition) is 0. The third kappa shape index (κ3) is 3.16. The Morgan fingerprint density at radius 1 is 1.09 bits per heavy atom. The molecule has 3 atom stereocenters. The molecule has 2 aliphatic rings. The summed E-state index contributed by atoms with van der Waals surface area (Å²) in [5, 5.41) is 0.635. The smallest absolute Gasteiger partial charge is 0.243 e. The lowest BCUT2D eigenvalue weighted by molar-refractivity contribution is 0.0148. The molecule has 0 bridgehead atoms. The predicted octanol–water partition coefficient (Wildman–Crippen LogP) is 4.20. The molecular weight excluding hydrogens is 436 g/mol. The summed E-state index contributed by atoms with van der Waals surface area (Å²) in [5.74, 6) is 0.180. The number of hydrogen-bond acceptors (Lipinski definition) is 4. The number of fused-ring (bicyclic) bond motifs is 4. The molecule has 6 nitrogen and oxygen atoms in total. The van der Waals surface area contributed by atoms with Crippen LogP contribution in [0.2, 0.25) is 0 Å². The molecular formula is C26H30N2O4S. The predicted molar refractivity (Wildman–Crippen MR) is 129 cm³/mol. The van der Waals surface area contributed by atoms with Crippen molar-refractivity contribution in [2.24, 2.45) is 13.0 Å². The maximum absolute atomic E-state index is 13.7. The molecule has 0 amide bonds. The summed E-state index contributed by atoms with van der Waals surface area (Å²) in [6, 6.07) is 14.2. The number of nitrogens with zero attached hydrogens (tertiary/aromatic N) is 2. The van der Waals surface area contributed by atoms with Gasteiger partial charge in [0.25, 0.3) is 0 Å². The Balaban J connectivity index is 1.72. The van der Waals surface area contributed by atoms with Crippen molar-refractivity contribution in [2.75, 3.05) is 6.54 Å². The van der Waals surface area contributed by atoms with Crippen LogP contribution < -0.4 is 10.2 Å². The number of pyridine rings is 1. The fraction of sp³-hybridized carbons (Fsp3) is 0.423. The first-order chi connectivity index (χ1) is 15.6. The maximum Gasteiger partial charge on any atom is 0.243 e. The van der Waals surface area contributed by atoms with Crippen LogP contribution in [-0.4, -0.2) is 35.5 Å². The van der Waals surface area contributed by atoms with E-state index in [1.54, 1.807) is 16.4 Å². The van der Waals surface area contributed by atoms with Gasteiger partial charge in [-0.3, -0.25) is 4.79 Å². The molecule has 1 unspecified atom stereocenters. The van der Waals surface area contributed by atoms with Gasteiger partial charge >= 0.3 is 0 Å². The van der Waals surface area contributed by atoms with Crippen molar-refractivity contribution in [2.45, 2.75) is 56.6 Å². The minimum absolute atomic E-state index is 0.0581. The van der Waals surface area contributed by atoms with E-state index in [1.807, 2.05) is 75.7 Å². The highest BCUT2D eigenvalue weighted by atomic mass is 32.2. The van der Waals surface area contributed by atoms with Gasteiger partial charge in [0, 0.05) is 36.9 Å². The van der Waals surface area contributed by atoms with Gasteiger partial charge in [-0.25, -0.2) is 8.42 Å². The molecule has 1 aromatic heterocycles. The zero-order chi connectivity index (χ0) is 23.7. The first-order valence-corrected chi connectivity index (χ1v) is 12.9. The van der Waals surface area contributed by atoms with Gasteiger partial charge in [0.2, 0.25) is 15.9 Å². The lowest BCUT2D eigenvalue weighted by atomic mass is 9.73. The highest BCUT2D eigenvalue weighted by Crippen LogP contribution is 2.52. The van der Waals surface area contributed by atoms with Gasteiger partial charge in [-0.15, -0.1) is 0 Å². The number of ether oxygens (including phenoxy) is 1. The van der Waals surface area contributed by atoms with E-state index in [-0.39, 0.29) is 28.2 Å². The maximum atomic E-state index is 13.7. The van der Waals surface area contributed by atoms with Crippen LogP contribution in [0.5, 0.6) is 5.88 Å². The second-order valence-electron chi connectivity index (χ2n) is 9.83. The van der Waals surface area contributed by atoms with Crippen molar-refractivity contribution < 1.29 is 13.2 Å². The zero-order valence-electron chi connectivity index (χ0n) is 19.7. The number of sulfonamides is 1. The van der Waals surface area contributed by atoms with Crippen molar-refractivity contribution in [1.29, 1.82) is 0 Å². The van der Waals surface area contributed by atoms with Gasteiger partial charge in [0.1, 0.15) is 5.60 Å². The summed E-state index contributed by atoms with van der Waals surface area (Å²) in [6.45, 7) is 8.26. The molecule has 5 rings (SSSR count). The largest absolute Gasteiger partial charge is 0.472 e. The fourth-order valence-electron chi connectivity index (χ4n) is 5.75. The number of rotatable bonds is 3. The van der Waals surface area contributed by atoms with Crippen LogP contribution in [0.1, 0.15) is 44.2 Å². The Morgan fingerprint density at radius 2 is 1.76 bits per heavy atom. The number of benzene rings is 2. The van der Waals surface area contributed by atoms with Crippen LogP contribution in [0.15, 0.2) is 58.2 Å². The third-order valence-electron chi connectivity index (χ3n) is 7.52. The molecule has 1 fully saturated rings. The molecule has 3 heterocycles. The Morgan fingerprint density at radius 3 is 2.42 bits per heavy atom. The van der Waals surface area contributed by atoms with Gasteiger partial charge in [-0.05, 0) is 51.5 Å². The lowest BCUT2D eigenvalue weighted by Gasteiger charge is -2.42. The first kappa shape index (κ1) is 22.2. The third-order valence-corrected chi connectivity index (χ3v) is 9.42. The van der Waals surface area contributed by atoms with Crippen molar-refractivity contribution in [1.82, 2.24) is 8.87 Å². The molecule has 2 aliphatic heterocycles. The Labute approximate surface area is 194 Å². The van der Waals surface area contributed by atoms with Crippen LogP contribution in [0.3, 0.4) is 0 Å². The van der Waals surface area contributed by atoms with E-state index >= 15 is 0 Å². The standard InChI is InChI=1S/C26H30N2O4S/c1-6-20-22-19(15-28(20)33(30,31)17-13-11-16(2)12-14-17)26(3,4)32-25-23(22)24(29)18-9-7-8-10-21(18)27(25)5/h7-14,19-20,22H,6,15H2,1-5H3/t19-,20?,22+/m1/s1. The Kier molecular flexibility index (Phi) is 4.99. The fourth-order valence-corrected chi connectivity index (χ4v) is 7.49. The summed E-state index contributed by atoms with van der Waals surface area (Å²) in [6.07, 6.45) is 0.609. The molecule has 0 spiro atoms. The highest BCUT2D eigenvalue weighted by Gasteiger charge is 2.57. The monoisotopic (exact) mass is 466 g/mol. The van der Waals surface area contributed by atoms with Gasteiger partial charge < -0.3 is 9.30 Å². The van der Waals surface area contributed by atoms with Gasteiger partial charge in [0.15, 0.2) is 5.43 Å². The van der Waals surface area contributed by atoms with E-state index in [0.29, 0.717) is 29.8 Å². The zero-order valence-corrected chi connectivity index (χ0v) is 20.5. The highest BCUT2D eigenvalue weighted by molar-refractivity contribution is 7.89. The van der Waals surface area contributed by atoms with E-state index in [0.717, 1.165) is 11.1 Å². The van der Waals surface area contributed by atoms with Gasteiger partial charge in [0.05, 0.1) is 16.0 Å². The number of aryl methyl sites for hydroxylation is 2. The van der Waals surface area contributed by atoms with Crippen LogP contribution in [0.25, 0.3) is 10.9 Å². The quantitative estimate of drug-likeness (QED) is 0.580. The normalized spacial score (nSPS) is 24.3. The Hall–Kier alpha value is -2.64. The summed E-state index contributed by atoms with van der Waals surface area (Å²) in [7, 11) is -1.81. The molecule has 2 aromatic carbocycles. The molecule has 0 aliphatic carbocycles.